The van der Waals surface area contributed by atoms with E-state index >= 15 is 0 Å². The van der Waals surface area contributed by atoms with Crippen molar-refractivity contribution in [3.63, 3.8) is 0 Å². The summed E-state index contributed by atoms with van der Waals surface area (Å²) in [5.41, 5.74) is 8.31. The van der Waals surface area contributed by atoms with Gasteiger partial charge in [-0.1, -0.05) is 12.5 Å². The Kier molecular flexibility index (Phi) is 4.41. The molecule has 1 aromatic heterocycles. The Hall–Kier alpha value is -1.59. The molecule has 1 aliphatic heterocycles. The van der Waals surface area contributed by atoms with Crippen LogP contribution in [0.1, 0.15) is 49.7 Å². The number of ether oxygens (including phenoxy) is 1. The van der Waals surface area contributed by atoms with Crippen LogP contribution in [0.4, 0.5) is 0 Å². The molecule has 2 atom stereocenters. The molecule has 0 amide bonds. The summed E-state index contributed by atoms with van der Waals surface area (Å²) in [4.78, 5) is 7.82. The average molecular weight is 288 g/mol. The normalized spacial score (nSPS) is 26.6. The minimum absolute atomic E-state index is 0.000715. The van der Waals surface area contributed by atoms with Gasteiger partial charge in [0, 0.05) is 11.6 Å². The van der Waals surface area contributed by atoms with Gasteiger partial charge in [-0.05, 0) is 38.8 Å². The van der Waals surface area contributed by atoms with E-state index in [2.05, 4.69) is 27.4 Å². The first-order valence-corrected chi connectivity index (χ1v) is 7.81. The third-order valence-corrected chi connectivity index (χ3v) is 4.22. The molecule has 1 aliphatic carbocycles. The number of hydrogen-bond donors (Lipinski definition) is 3. The highest BCUT2D eigenvalue weighted by Gasteiger charge is 2.20. The van der Waals surface area contributed by atoms with Crippen molar-refractivity contribution in [3.05, 3.63) is 35.6 Å². The van der Waals surface area contributed by atoms with Crippen LogP contribution in [0.3, 0.4) is 0 Å². The lowest BCUT2D eigenvalue weighted by Crippen LogP contribution is -2.25. The molecule has 3 rings (SSSR count). The van der Waals surface area contributed by atoms with Crippen molar-refractivity contribution in [2.45, 2.75) is 44.2 Å². The van der Waals surface area contributed by atoms with Crippen LogP contribution in [-0.4, -0.2) is 29.7 Å². The number of imidazole rings is 1. The van der Waals surface area contributed by atoms with E-state index in [4.69, 9.17) is 10.5 Å². The molecule has 1 aromatic rings. The van der Waals surface area contributed by atoms with Gasteiger partial charge in [-0.15, -0.1) is 0 Å². The second-order valence-corrected chi connectivity index (χ2v) is 5.77. The molecule has 0 aromatic carbocycles. The first-order valence-electron chi connectivity index (χ1n) is 7.81. The van der Waals surface area contributed by atoms with Crippen LogP contribution in [0, 0.1) is 0 Å². The Morgan fingerprint density at radius 3 is 3.14 bits per heavy atom. The SMILES string of the molecule is CNC1C=C2OCCCCC[C@H](N)c3ncc([nH]3)C2=CC1. The predicted octanol–water partition coefficient (Wildman–Crippen LogP) is 2.26. The average Bonchev–Trinajstić information content (AvgIpc) is 2.99. The Morgan fingerprint density at radius 1 is 1.38 bits per heavy atom. The number of nitrogens with two attached hydrogens (primary N) is 1. The van der Waals surface area contributed by atoms with Crippen molar-refractivity contribution in [1.82, 2.24) is 15.3 Å². The number of allylic oxidation sites excluding steroid dienone is 1. The Balaban J connectivity index is 1.91. The number of aromatic nitrogens is 2. The summed E-state index contributed by atoms with van der Waals surface area (Å²) in [6.07, 6.45) is 11.5. The molecule has 0 radical (unpaired) electrons. The molecule has 2 bridgehead atoms. The van der Waals surface area contributed by atoms with E-state index in [9.17, 15) is 0 Å². The Morgan fingerprint density at radius 2 is 2.29 bits per heavy atom. The maximum Gasteiger partial charge on any atom is 0.125 e. The first-order chi connectivity index (χ1) is 10.3. The van der Waals surface area contributed by atoms with E-state index < -0.39 is 0 Å². The zero-order valence-electron chi connectivity index (χ0n) is 12.6. The lowest BCUT2D eigenvalue weighted by Gasteiger charge is -2.22. The zero-order valence-corrected chi connectivity index (χ0v) is 12.6. The topological polar surface area (TPSA) is 76.0 Å². The van der Waals surface area contributed by atoms with Gasteiger partial charge in [-0.3, -0.25) is 0 Å². The van der Waals surface area contributed by atoms with E-state index in [1.165, 1.54) is 0 Å². The van der Waals surface area contributed by atoms with E-state index in [1.54, 1.807) is 0 Å². The van der Waals surface area contributed by atoms with E-state index in [0.29, 0.717) is 6.04 Å². The van der Waals surface area contributed by atoms with Crippen LogP contribution in [0.2, 0.25) is 0 Å². The maximum atomic E-state index is 6.21. The highest BCUT2D eigenvalue weighted by Crippen LogP contribution is 2.30. The molecule has 114 valence electrons. The predicted molar refractivity (Wildman–Crippen MR) is 83.5 cm³/mol. The summed E-state index contributed by atoms with van der Waals surface area (Å²) in [5.74, 6) is 1.83. The van der Waals surface area contributed by atoms with Gasteiger partial charge in [0.15, 0.2) is 0 Å². The van der Waals surface area contributed by atoms with E-state index in [0.717, 1.165) is 61.6 Å². The van der Waals surface area contributed by atoms with Crippen molar-refractivity contribution in [2.75, 3.05) is 13.7 Å². The molecule has 4 N–H and O–H groups in total. The molecular weight excluding hydrogens is 264 g/mol. The molecule has 5 heteroatoms. The summed E-state index contributed by atoms with van der Waals surface area (Å²) in [6.45, 7) is 0.760. The Bertz CT molecular complexity index is 546. The molecule has 0 saturated heterocycles. The van der Waals surface area contributed by atoms with Crippen LogP contribution in [0.15, 0.2) is 24.1 Å². The smallest absolute Gasteiger partial charge is 0.125 e. The highest BCUT2D eigenvalue weighted by molar-refractivity contribution is 5.76. The number of nitrogens with zero attached hydrogens (tertiary/aromatic N) is 1. The monoisotopic (exact) mass is 288 g/mol. The fourth-order valence-corrected chi connectivity index (χ4v) is 2.88. The summed E-state index contributed by atoms with van der Waals surface area (Å²) < 4.78 is 6.02. The second-order valence-electron chi connectivity index (χ2n) is 5.77. The third-order valence-electron chi connectivity index (χ3n) is 4.22. The van der Waals surface area contributed by atoms with Crippen molar-refractivity contribution in [2.24, 2.45) is 5.73 Å². The first kappa shape index (κ1) is 14.4. The molecule has 0 fully saturated rings. The van der Waals surface area contributed by atoms with Crippen LogP contribution in [0.25, 0.3) is 5.57 Å². The zero-order chi connectivity index (χ0) is 14.7. The fraction of sp³-hybridized carbons (Fsp3) is 0.562. The van der Waals surface area contributed by atoms with Gasteiger partial charge in [0.2, 0.25) is 0 Å². The van der Waals surface area contributed by atoms with Crippen molar-refractivity contribution in [3.8, 4) is 0 Å². The third kappa shape index (κ3) is 3.19. The number of nitrogens with one attached hydrogen (secondary N) is 2. The molecule has 2 heterocycles. The minimum Gasteiger partial charge on any atom is -0.493 e. The molecule has 2 aliphatic rings. The van der Waals surface area contributed by atoms with Gasteiger partial charge >= 0.3 is 0 Å². The van der Waals surface area contributed by atoms with Crippen molar-refractivity contribution >= 4 is 5.57 Å². The lowest BCUT2D eigenvalue weighted by atomic mass is 9.99. The summed E-state index contributed by atoms with van der Waals surface area (Å²) in [6, 6.07) is 0.335. The molecule has 0 spiro atoms. The van der Waals surface area contributed by atoms with E-state index in [-0.39, 0.29) is 6.04 Å². The fourth-order valence-electron chi connectivity index (χ4n) is 2.88. The molecule has 1 unspecified atom stereocenters. The standard InChI is InChI=1S/C16H24N4O/c1-18-11-6-7-12-14-10-19-16(20-14)13(17)5-3-2-4-8-21-15(12)9-11/h7,9-11,13,18H,2-6,8,17H2,1H3,(H,19,20)/t11?,13-/m0/s1. The largest absolute Gasteiger partial charge is 0.493 e. The van der Waals surface area contributed by atoms with Gasteiger partial charge < -0.3 is 20.8 Å². The highest BCUT2D eigenvalue weighted by atomic mass is 16.5. The number of H-pyrrole nitrogens is 1. The second kappa shape index (κ2) is 6.45. The molecule has 5 nitrogen and oxygen atoms in total. The maximum absolute atomic E-state index is 6.21. The summed E-state index contributed by atoms with van der Waals surface area (Å²) >= 11 is 0. The van der Waals surface area contributed by atoms with Crippen molar-refractivity contribution in [1.29, 1.82) is 0 Å². The molecule has 0 saturated carbocycles. The number of aromatic amines is 1. The lowest BCUT2D eigenvalue weighted by molar-refractivity contribution is 0.216. The van der Waals surface area contributed by atoms with Gasteiger partial charge in [-0.2, -0.15) is 0 Å². The van der Waals surface area contributed by atoms with Crippen LogP contribution < -0.4 is 11.1 Å². The Labute approximate surface area is 125 Å². The van der Waals surface area contributed by atoms with Gasteiger partial charge in [0.05, 0.1) is 24.5 Å². The van der Waals surface area contributed by atoms with E-state index in [1.807, 2.05) is 13.2 Å². The minimum atomic E-state index is 0.000715. The van der Waals surface area contributed by atoms with Crippen LogP contribution in [0.5, 0.6) is 0 Å². The number of fused-ring (bicyclic) bond motifs is 4. The number of hydrogen-bond acceptors (Lipinski definition) is 4. The van der Waals surface area contributed by atoms with Crippen molar-refractivity contribution < 1.29 is 4.74 Å². The number of likely N-dealkylation sites (N-methyl/N-ethyl adjacent to an activating group) is 1. The van der Waals surface area contributed by atoms with Gasteiger partial charge in [-0.25, -0.2) is 4.98 Å². The summed E-state index contributed by atoms with van der Waals surface area (Å²) in [5, 5.41) is 3.28. The van der Waals surface area contributed by atoms with Crippen LogP contribution >= 0.6 is 0 Å². The quantitative estimate of drug-likeness (QED) is 0.741. The van der Waals surface area contributed by atoms with Gasteiger partial charge in [0.25, 0.3) is 0 Å². The van der Waals surface area contributed by atoms with Crippen LogP contribution in [-0.2, 0) is 4.74 Å². The molecule has 21 heavy (non-hydrogen) atoms. The number of rotatable bonds is 1. The summed E-state index contributed by atoms with van der Waals surface area (Å²) in [7, 11) is 1.98. The molecular formula is C16H24N4O. The van der Waals surface area contributed by atoms with Gasteiger partial charge in [0.1, 0.15) is 11.6 Å².